The van der Waals surface area contributed by atoms with Crippen molar-refractivity contribution in [3.8, 4) is 0 Å². The van der Waals surface area contributed by atoms with Crippen LogP contribution in [0.2, 0.25) is 0 Å². The minimum Gasteiger partial charge on any atom is -0.354 e. The second kappa shape index (κ2) is 11.8. The lowest BCUT2D eigenvalue weighted by molar-refractivity contribution is -0.139. The maximum Gasteiger partial charge on any atom is 0.244 e. The summed E-state index contributed by atoms with van der Waals surface area (Å²) in [6, 6.07) is 11.6. The quantitative estimate of drug-likeness (QED) is 0.504. The molecule has 1 N–H and O–H groups in total. The average Bonchev–Trinajstić information content (AvgIpc) is 2.75. The summed E-state index contributed by atoms with van der Waals surface area (Å²) in [6.07, 6.45) is 2.75. The van der Waals surface area contributed by atoms with E-state index in [9.17, 15) is 22.4 Å². The first-order chi connectivity index (χ1) is 15.5. The molecule has 0 aliphatic carbocycles. The SMILES string of the molecule is CCCCNC(=O)C(C)N(Cc1ccc(F)cc1)C(=O)CN(c1cccc(C)c1)S(C)(=O)=O. The van der Waals surface area contributed by atoms with E-state index in [0.29, 0.717) is 17.8 Å². The van der Waals surface area contributed by atoms with Crippen LogP contribution in [0.4, 0.5) is 10.1 Å². The maximum absolute atomic E-state index is 13.4. The van der Waals surface area contributed by atoms with Gasteiger partial charge in [0.2, 0.25) is 21.8 Å². The monoisotopic (exact) mass is 477 g/mol. The third-order valence-corrected chi connectivity index (χ3v) is 6.37. The van der Waals surface area contributed by atoms with Crippen LogP contribution < -0.4 is 9.62 Å². The summed E-state index contributed by atoms with van der Waals surface area (Å²) in [7, 11) is -3.77. The van der Waals surface area contributed by atoms with Crippen LogP contribution in [0.3, 0.4) is 0 Å². The number of hydrogen-bond acceptors (Lipinski definition) is 4. The number of carbonyl (C=O) groups excluding carboxylic acids is 2. The molecule has 33 heavy (non-hydrogen) atoms. The highest BCUT2D eigenvalue weighted by atomic mass is 32.2. The molecule has 2 aromatic rings. The summed E-state index contributed by atoms with van der Waals surface area (Å²) in [5.41, 5.74) is 1.84. The Hall–Kier alpha value is -2.94. The first-order valence-electron chi connectivity index (χ1n) is 10.9. The van der Waals surface area contributed by atoms with Crippen LogP contribution in [-0.2, 0) is 26.2 Å². The molecule has 0 fully saturated rings. The van der Waals surface area contributed by atoms with Gasteiger partial charge >= 0.3 is 0 Å². The Kier molecular flexibility index (Phi) is 9.40. The molecule has 0 heterocycles. The molecule has 2 amide bonds. The second-order valence-electron chi connectivity index (χ2n) is 8.08. The van der Waals surface area contributed by atoms with Gasteiger partial charge in [-0.15, -0.1) is 0 Å². The zero-order chi connectivity index (χ0) is 24.6. The van der Waals surface area contributed by atoms with Gasteiger partial charge < -0.3 is 10.2 Å². The highest BCUT2D eigenvalue weighted by molar-refractivity contribution is 7.92. The molecule has 7 nitrogen and oxygen atoms in total. The van der Waals surface area contributed by atoms with Crippen molar-refractivity contribution < 1.29 is 22.4 Å². The minimum atomic E-state index is -3.77. The molecule has 0 spiro atoms. The van der Waals surface area contributed by atoms with Crippen molar-refractivity contribution in [3.63, 3.8) is 0 Å². The number of anilines is 1. The number of carbonyl (C=O) groups is 2. The number of unbranched alkanes of at least 4 members (excludes halogenated alkanes) is 1. The van der Waals surface area contributed by atoms with Crippen LogP contribution in [0.15, 0.2) is 48.5 Å². The molecule has 0 saturated heterocycles. The van der Waals surface area contributed by atoms with E-state index in [4.69, 9.17) is 0 Å². The Morgan fingerprint density at radius 3 is 2.36 bits per heavy atom. The zero-order valence-electron chi connectivity index (χ0n) is 19.5. The summed E-state index contributed by atoms with van der Waals surface area (Å²) in [6.45, 7) is 5.49. The number of nitrogens with zero attached hydrogens (tertiary/aromatic N) is 2. The van der Waals surface area contributed by atoms with Crippen molar-refractivity contribution in [2.45, 2.75) is 46.2 Å². The molecule has 1 atom stereocenters. The number of rotatable bonds is 11. The van der Waals surface area contributed by atoms with Crippen LogP contribution in [0.5, 0.6) is 0 Å². The van der Waals surface area contributed by atoms with Gasteiger partial charge in [0.15, 0.2) is 0 Å². The van der Waals surface area contributed by atoms with Gasteiger partial charge in [-0.3, -0.25) is 13.9 Å². The fourth-order valence-corrected chi connectivity index (χ4v) is 4.14. The lowest BCUT2D eigenvalue weighted by Crippen LogP contribution is -2.51. The van der Waals surface area contributed by atoms with E-state index in [-0.39, 0.29) is 12.5 Å². The highest BCUT2D eigenvalue weighted by Gasteiger charge is 2.30. The van der Waals surface area contributed by atoms with E-state index in [1.165, 1.54) is 29.2 Å². The fraction of sp³-hybridized carbons (Fsp3) is 0.417. The third kappa shape index (κ3) is 7.85. The van der Waals surface area contributed by atoms with Crippen molar-refractivity contribution in [1.29, 1.82) is 0 Å². The van der Waals surface area contributed by atoms with Crippen molar-refractivity contribution in [2.75, 3.05) is 23.7 Å². The molecule has 0 saturated carbocycles. The maximum atomic E-state index is 13.4. The predicted molar refractivity (Wildman–Crippen MR) is 128 cm³/mol. The number of halogens is 1. The van der Waals surface area contributed by atoms with Gasteiger partial charge in [0.1, 0.15) is 18.4 Å². The van der Waals surface area contributed by atoms with Crippen LogP contribution in [0, 0.1) is 12.7 Å². The van der Waals surface area contributed by atoms with E-state index in [1.54, 1.807) is 25.1 Å². The molecule has 2 rings (SSSR count). The zero-order valence-corrected chi connectivity index (χ0v) is 20.4. The van der Waals surface area contributed by atoms with Crippen molar-refractivity contribution in [1.82, 2.24) is 10.2 Å². The molecule has 9 heteroatoms. The van der Waals surface area contributed by atoms with Gasteiger partial charge in [0, 0.05) is 13.1 Å². The van der Waals surface area contributed by atoms with Gasteiger partial charge in [-0.05, 0) is 55.7 Å². The number of nitrogens with one attached hydrogen (secondary N) is 1. The minimum absolute atomic E-state index is 0.0346. The highest BCUT2D eigenvalue weighted by Crippen LogP contribution is 2.20. The summed E-state index contributed by atoms with van der Waals surface area (Å²) in [5.74, 6) is -1.28. The van der Waals surface area contributed by atoms with Gasteiger partial charge in [-0.2, -0.15) is 0 Å². The Bertz CT molecular complexity index is 1060. The molecule has 0 aromatic heterocycles. The largest absolute Gasteiger partial charge is 0.354 e. The van der Waals surface area contributed by atoms with E-state index in [1.807, 2.05) is 19.9 Å². The van der Waals surface area contributed by atoms with Gasteiger partial charge in [0.25, 0.3) is 0 Å². The van der Waals surface area contributed by atoms with Crippen LogP contribution in [-0.4, -0.2) is 50.5 Å². The van der Waals surface area contributed by atoms with E-state index >= 15 is 0 Å². The predicted octanol–water partition coefficient (Wildman–Crippen LogP) is 3.23. The number of hydrogen-bond donors (Lipinski definition) is 1. The lowest BCUT2D eigenvalue weighted by atomic mass is 10.1. The smallest absolute Gasteiger partial charge is 0.244 e. The standard InChI is InChI=1S/C24H32FN3O4S/c1-5-6-14-26-24(30)19(3)27(16-20-10-12-21(25)13-11-20)23(29)17-28(33(4,31)32)22-9-7-8-18(2)15-22/h7-13,15,19H,5-6,14,16-17H2,1-4H3,(H,26,30). The van der Waals surface area contributed by atoms with E-state index in [0.717, 1.165) is 29.0 Å². The summed E-state index contributed by atoms with van der Waals surface area (Å²) < 4.78 is 39.4. The van der Waals surface area contributed by atoms with E-state index < -0.39 is 34.3 Å². The lowest BCUT2D eigenvalue weighted by Gasteiger charge is -2.31. The van der Waals surface area contributed by atoms with Gasteiger partial charge in [-0.1, -0.05) is 37.6 Å². The van der Waals surface area contributed by atoms with E-state index in [2.05, 4.69) is 5.32 Å². The normalized spacial score (nSPS) is 12.2. The van der Waals surface area contributed by atoms with Crippen LogP contribution in [0.1, 0.15) is 37.8 Å². The Morgan fingerprint density at radius 2 is 1.79 bits per heavy atom. The molecular formula is C24H32FN3O4S. The number of amides is 2. The van der Waals surface area contributed by atoms with Gasteiger partial charge in [0.05, 0.1) is 11.9 Å². The van der Waals surface area contributed by atoms with Crippen LogP contribution >= 0.6 is 0 Å². The number of sulfonamides is 1. The Balaban J connectivity index is 2.33. The topological polar surface area (TPSA) is 86.8 Å². The molecule has 0 aliphatic rings. The summed E-state index contributed by atoms with van der Waals surface area (Å²) in [5, 5.41) is 2.81. The first-order valence-corrected chi connectivity index (χ1v) is 12.7. The summed E-state index contributed by atoms with van der Waals surface area (Å²) in [4.78, 5) is 27.4. The summed E-state index contributed by atoms with van der Waals surface area (Å²) >= 11 is 0. The van der Waals surface area contributed by atoms with Gasteiger partial charge in [-0.25, -0.2) is 12.8 Å². The molecule has 0 radical (unpaired) electrons. The average molecular weight is 478 g/mol. The molecule has 0 aliphatic heterocycles. The molecule has 1 unspecified atom stereocenters. The third-order valence-electron chi connectivity index (χ3n) is 5.23. The molecule has 0 bridgehead atoms. The number of benzene rings is 2. The number of aryl methyl sites for hydroxylation is 1. The molecule has 2 aromatic carbocycles. The Labute approximate surface area is 195 Å². The first kappa shape index (κ1) is 26.3. The van der Waals surface area contributed by atoms with Crippen molar-refractivity contribution in [3.05, 3.63) is 65.5 Å². The molecular weight excluding hydrogens is 445 g/mol. The van der Waals surface area contributed by atoms with Crippen LogP contribution in [0.25, 0.3) is 0 Å². The molecule has 180 valence electrons. The fourth-order valence-electron chi connectivity index (χ4n) is 3.30. The van der Waals surface area contributed by atoms with Crippen molar-refractivity contribution >= 4 is 27.5 Å². The Morgan fingerprint density at radius 1 is 1.12 bits per heavy atom. The second-order valence-corrected chi connectivity index (χ2v) is 9.98. The van der Waals surface area contributed by atoms with Crippen molar-refractivity contribution in [2.24, 2.45) is 0 Å².